The highest BCUT2D eigenvalue weighted by Gasteiger charge is 2.66. The van der Waals surface area contributed by atoms with Crippen molar-refractivity contribution in [3.8, 4) is 0 Å². The molecule has 22 heavy (non-hydrogen) atoms. The molecule has 0 aromatic carbocycles. The quantitative estimate of drug-likeness (QED) is 0.764. The second-order valence-electron chi connectivity index (χ2n) is 10.3. The predicted octanol–water partition coefficient (Wildman–Crippen LogP) is 4.14. The molecule has 2 N–H and O–H groups in total. The molecule has 1 spiro atoms. The van der Waals surface area contributed by atoms with Gasteiger partial charge in [0.15, 0.2) is 0 Å². The molecule has 0 heterocycles. The minimum absolute atomic E-state index is 0.0300. The number of rotatable bonds is 1. The molecule has 0 aromatic rings. The molecular weight excluding hydrogens is 272 g/mol. The van der Waals surface area contributed by atoms with Crippen molar-refractivity contribution < 1.29 is 10.2 Å². The van der Waals surface area contributed by atoms with Gasteiger partial charge in [-0.1, -0.05) is 27.2 Å². The zero-order valence-corrected chi connectivity index (χ0v) is 14.7. The molecule has 4 saturated carbocycles. The molecular formula is C20H34O2. The SMILES string of the molecule is CC1(C)CCC[C@@]2(C)C3CCC4CC3(CC[C@H]12)C[C@@]4(O)CO. The first-order valence-corrected chi connectivity index (χ1v) is 9.59. The van der Waals surface area contributed by atoms with Crippen molar-refractivity contribution in [2.75, 3.05) is 6.61 Å². The summed E-state index contributed by atoms with van der Waals surface area (Å²) >= 11 is 0. The number of hydrogen-bond donors (Lipinski definition) is 2. The smallest absolute Gasteiger partial charge is 0.0910 e. The second kappa shape index (κ2) is 4.51. The van der Waals surface area contributed by atoms with Gasteiger partial charge in [-0.05, 0) is 85.4 Å². The molecule has 0 saturated heterocycles. The Balaban J connectivity index is 1.72. The van der Waals surface area contributed by atoms with E-state index < -0.39 is 5.60 Å². The lowest BCUT2D eigenvalue weighted by Gasteiger charge is -2.64. The van der Waals surface area contributed by atoms with Crippen LogP contribution in [0.1, 0.15) is 78.6 Å². The first-order chi connectivity index (χ1) is 10.3. The van der Waals surface area contributed by atoms with Crippen LogP contribution in [0.2, 0.25) is 0 Å². The van der Waals surface area contributed by atoms with Gasteiger partial charge in [0.2, 0.25) is 0 Å². The number of fused-ring (bicyclic) bond motifs is 3. The van der Waals surface area contributed by atoms with Gasteiger partial charge in [0.05, 0.1) is 12.2 Å². The molecule has 6 atom stereocenters. The van der Waals surface area contributed by atoms with Crippen molar-refractivity contribution in [1.29, 1.82) is 0 Å². The maximum Gasteiger partial charge on any atom is 0.0910 e. The molecule has 2 bridgehead atoms. The average Bonchev–Trinajstić information content (AvgIpc) is 2.65. The summed E-state index contributed by atoms with van der Waals surface area (Å²) in [7, 11) is 0. The Hall–Kier alpha value is -0.0800. The van der Waals surface area contributed by atoms with Crippen LogP contribution in [0, 0.1) is 34.0 Å². The van der Waals surface area contributed by atoms with Gasteiger partial charge in [0.25, 0.3) is 0 Å². The molecule has 0 aromatic heterocycles. The van der Waals surface area contributed by atoms with Gasteiger partial charge in [-0.3, -0.25) is 0 Å². The summed E-state index contributed by atoms with van der Waals surface area (Å²) < 4.78 is 0. The highest BCUT2D eigenvalue weighted by Crippen LogP contribution is 2.72. The number of aliphatic hydroxyl groups excluding tert-OH is 1. The third kappa shape index (κ3) is 1.80. The summed E-state index contributed by atoms with van der Waals surface area (Å²) in [6, 6.07) is 0. The van der Waals surface area contributed by atoms with Gasteiger partial charge in [0.1, 0.15) is 0 Å². The lowest BCUT2D eigenvalue weighted by Crippen LogP contribution is -2.55. The molecule has 0 radical (unpaired) electrons. The molecule has 4 rings (SSSR count). The van der Waals surface area contributed by atoms with E-state index in [1.54, 1.807) is 0 Å². The highest BCUT2D eigenvalue weighted by molar-refractivity contribution is 5.16. The van der Waals surface area contributed by atoms with Gasteiger partial charge < -0.3 is 10.2 Å². The Labute approximate surface area is 135 Å². The summed E-state index contributed by atoms with van der Waals surface area (Å²) in [5.74, 6) is 1.98. The summed E-state index contributed by atoms with van der Waals surface area (Å²) in [6.45, 7) is 7.55. The Morgan fingerprint density at radius 2 is 1.73 bits per heavy atom. The normalized spacial score (nSPS) is 56.3. The van der Waals surface area contributed by atoms with E-state index >= 15 is 0 Å². The Kier molecular flexibility index (Phi) is 3.16. The molecule has 2 heteroatoms. The summed E-state index contributed by atoms with van der Waals surface area (Å²) in [5.41, 5.74) is 0.504. The zero-order chi connectivity index (χ0) is 15.8. The maximum atomic E-state index is 10.9. The standard InChI is InChI=1S/C20H34O2/c1-17(2)8-4-9-18(3)15(17)7-10-19-11-14(5-6-16(18)19)20(22,12-19)13-21/h14-16,21-22H,4-13H2,1-3H3/t14?,15-,16?,18-,19?,20-/m1/s1. The zero-order valence-electron chi connectivity index (χ0n) is 14.7. The van der Waals surface area contributed by atoms with E-state index in [1.807, 2.05) is 0 Å². The van der Waals surface area contributed by atoms with Crippen molar-refractivity contribution in [3.63, 3.8) is 0 Å². The van der Waals surface area contributed by atoms with Crippen molar-refractivity contribution in [1.82, 2.24) is 0 Å². The van der Waals surface area contributed by atoms with E-state index in [4.69, 9.17) is 0 Å². The third-order valence-corrected chi connectivity index (χ3v) is 8.89. The van der Waals surface area contributed by atoms with Crippen LogP contribution in [0.5, 0.6) is 0 Å². The first-order valence-electron chi connectivity index (χ1n) is 9.59. The molecule has 4 aliphatic carbocycles. The van der Waals surface area contributed by atoms with Crippen LogP contribution in [0.4, 0.5) is 0 Å². The molecule has 3 unspecified atom stereocenters. The number of aliphatic hydroxyl groups is 2. The van der Waals surface area contributed by atoms with Gasteiger partial charge >= 0.3 is 0 Å². The van der Waals surface area contributed by atoms with Crippen molar-refractivity contribution >= 4 is 0 Å². The van der Waals surface area contributed by atoms with Gasteiger partial charge in [-0.2, -0.15) is 0 Å². The maximum absolute atomic E-state index is 10.9. The Morgan fingerprint density at radius 3 is 2.45 bits per heavy atom. The molecule has 4 aliphatic rings. The van der Waals surface area contributed by atoms with Crippen LogP contribution >= 0.6 is 0 Å². The van der Waals surface area contributed by atoms with E-state index in [0.29, 0.717) is 22.2 Å². The topological polar surface area (TPSA) is 40.5 Å². The van der Waals surface area contributed by atoms with Crippen LogP contribution in [0.3, 0.4) is 0 Å². The van der Waals surface area contributed by atoms with Crippen LogP contribution in [-0.2, 0) is 0 Å². The van der Waals surface area contributed by atoms with E-state index in [0.717, 1.165) is 24.7 Å². The Morgan fingerprint density at radius 1 is 0.955 bits per heavy atom. The van der Waals surface area contributed by atoms with Gasteiger partial charge in [-0.25, -0.2) is 0 Å². The minimum Gasteiger partial charge on any atom is -0.393 e. The third-order valence-electron chi connectivity index (χ3n) is 8.89. The van der Waals surface area contributed by atoms with E-state index in [-0.39, 0.29) is 6.61 Å². The van der Waals surface area contributed by atoms with Crippen LogP contribution in [0.25, 0.3) is 0 Å². The lowest BCUT2D eigenvalue weighted by molar-refractivity contribution is -0.145. The molecule has 4 fully saturated rings. The van der Waals surface area contributed by atoms with Crippen LogP contribution < -0.4 is 0 Å². The molecule has 0 amide bonds. The predicted molar refractivity (Wildman–Crippen MR) is 88.4 cm³/mol. The lowest BCUT2D eigenvalue weighted by atomic mass is 9.41. The van der Waals surface area contributed by atoms with Crippen LogP contribution in [0.15, 0.2) is 0 Å². The fraction of sp³-hybridized carbons (Fsp3) is 1.00. The highest BCUT2D eigenvalue weighted by atomic mass is 16.3. The van der Waals surface area contributed by atoms with Crippen molar-refractivity contribution in [3.05, 3.63) is 0 Å². The first kappa shape index (κ1) is 15.4. The minimum atomic E-state index is -0.776. The summed E-state index contributed by atoms with van der Waals surface area (Å²) in [5, 5.41) is 20.7. The summed E-state index contributed by atoms with van der Waals surface area (Å²) in [4.78, 5) is 0. The Bertz CT molecular complexity index is 472. The fourth-order valence-electron chi connectivity index (χ4n) is 8.13. The molecule has 126 valence electrons. The van der Waals surface area contributed by atoms with Crippen LogP contribution in [-0.4, -0.2) is 22.4 Å². The fourth-order valence-corrected chi connectivity index (χ4v) is 8.13. The van der Waals surface area contributed by atoms with Crippen molar-refractivity contribution in [2.24, 2.45) is 34.0 Å². The summed E-state index contributed by atoms with van der Waals surface area (Å²) in [6.07, 6.45) is 11.2. The average molecular weight is 306 g/mol. The molecule has 0 aliphatic heterocycles. The van der Waals surface area contributed by atoms with Crippen molar-refractivity contribution in [2.45, 2.75) is 84.2 Å². The van der Waals surface area contributed by atoms with E-state index in [1.165, 1.54) is 44.9 Å². The van der Waals surface area contributed by atoms with Gasteiger partial charge in [-0.15, -0.1) is 0 Å². The van der Waals surface area contributed by atoms with Gasteiger partial charge in [0, 0.05) is 0 Å². The second-order valence-corrected chi connectivity index (χ2v) is 10.3. The number of hydrogen-bond acceptors (Lipinski definition) is 2. The molecule has 2 nitrogen and oxygen atoms in total. The van der Waals surface area contributed by atoms with E-state index in [2.05, 4.69) is 20.8 Å². The largest absolute Gasteiger partial charge is 0.393 e. The van der Waals surface area contributed by atoms with E-state index in [9.17, 15) is 10.2 Å². The monoisotopic (exact) mass is 306 g/mol.